The Balaban J connectivity index is 1.92. The van der Waals surface area contributed by atoms with Crippen molar-refractivity contribution in [1.82, 2.24) is 24.9 Å². The monoisotopic (exact) mass is 531 g/mol. The van der Waals surface area contributed by atoms with Crippen LogP contribution >= 0.6 is 0 Å². The van der Waals surface area contributed by atoms with Crippen molar-refractivity contribution in [2.24, 2.45) is 5.92 Å². The van der Waals surface area contributed by atoms with E-state index in [0.29, 0.717) is 62.4 Å². The van der Waals surface area contributed by atoms with Gasteiger partial charge in [0.2, 0.25) is 11.8 Å². The van der Waals surface area contributed by atoms with E-state index in [4.69, 9.17) is 0 Å². The second-order valence-corrected chi connectivity index (χ2v) is 10.6. The molecule has 1 atom stereocenters. The Morgan fingerprint density at radius 1 is 1.16 bits per heavy atom. The molecular formula is C29H43F2N5O2. The summed E-state index contributed by atoms with van der Waals surface area (Å²) in [7, 11) is 2.05. The topological polar surface area (TPSA) is 70.5 Å². The SMILES string of the molecule is C\C=C(/C(=C\C(C)=C\C(=O)N1CCN(C)CC1)NCC)c1c(C=O)c(C)nn1CC1CCCC(F)(F)CC1. The van der Waals surface area contributed by atoms with Crippen molar-refractivity contribution in [2.75, 3.05) is 39.8 Å². The van der Waals surface area contributed by atoms with E-state index in [-0.39, 0.29) is 24.7 Å². The first-order valence-corrected chi connectivity index (χ1v) is 13.8. The van der Waals surface area contributed by atoms with Gasteiger partial charge in [-0.2, -0.15) is 5.10 Å². The molecule has 1 saturated carbocycles. The minimum atomic E-state index is -2.60. The second kappa shape index (κ2) is 13.3. The zero-order valence-electron chi connectivity index (χ0n) is 23.5. The molecule has 1 unspecified atom stereocenters. The van der Waals surface area contributed by atoms with E-state index in [1.165, 1.54) is 0 Å². The lowest BCUT2D eigenvalue weighted by atomic mass is 9.98. The van der Waals surface area contributed by atoms with Crippen molar-refractivity contribution >= 4 is 17.8 Å². The van der Waals surface area contributed by atoms with Crippen molar-refractivity contribution in [3.8, 4) is 0 Å². The number of carbonyl (C=O) groups is 2. The molecule has 2 fully saturated rings. The van der Waals surface area contributed by atoms with Gasteiger partial charge in [-0.1, -0.05) is 6.08 Å². The Bertz CT molecular complexity index is 1080. The molecule has 1 saturated heterocycles. The summed E-state index contributed by atoms with van der Waals surface area (Å²) in [5, 5.41) is 8.07. The van der Waals surface area contributed by atoms with Crippen molar-refractivity contribution in [3.05, 3.63) is 46.4 Å². The fourth-order valence-corrected chi connectivity index (χ4v) is 5.33. The van der Waals surface area contributed by atoms with Gasteiger partial charge in [-0.05, 0) is 71.6 Å². The molecule has 9 heteroatoms. The summed E-state index contributed by atoms with van der Waals surface area (Å²) in [5.41, 5.74) is 4.17. The lowest BCUT2D eigenvalue weighted by molar-refractivity contribution is -0.127. The number of rotatable bonds is 9. The van der Waals surface area contributed by atoms with Crippen molar-refractivity contribution in [3.63, 3.8) is 0 Å². The van der Waals surface area contributed by atoms with E-state index in [0.717, 1.165) is 36.2 Å². The van der Waals surface area contributed by atoms with Crippen LogP contribution in [-0.4, -0.2) is 77.5 Å². The largest absolute Gasteiger partial charge is 0.385 e. The molecule has 2 heterocycles. The number of aromatic nitrogens is 2. The van der Waals surface area contributed by atoms with Crippen LogP contribution in [0.1, 0.15) is 74.6 Å². The first-order valence-electron chi connectivity index (χ1n) is 13.8. The Hall–Kier alpha value is -2.81. The number of aldehydes is 1. The zero-order chi connectivity index (χ0) is 27.9. The van der Waals surface area contributed by atoms with Gasteiger partial charge in [-0.15, -0.1) is 0 Å². The van der Waals surface area contributed by atoms with Crippen LogP contribution in [0.3, 0.4) is 0 Å². The number of aryl methyl sites for hydroxylation is 1. The normalized spacial score (nSPS) is 21.8. The van der Waals surface area contributed by atoms with Gasteiger partial charge in [-0.25, -0.2) is 8.78 Å². The average molecular weight is 532 g/mol. The summed E-state index contributed by atoms with van der Waals surface area (Å²) < 4.78 is 29.8. The van der Waals surface area contributed by atoms with Crippen molar-refractivity contribution in [2.45, 2.75) is 72.3 Å². The molecule has 1 aliphatic carbocycles. The Morgan fingerprint density at radius 2 is 1.87 bits per heavy atom. The van der Waals surface area contributed by atoms with E-state index >= 15 is 0 Å². The minimum Gasteiger partial charge on any atom is -0.385 e. The first kappa shape index (κ1) is 29.7. The highest BCUT2D eigenvalue weighted by molar-refractivity contribution is 5.91. The van der Waals surface area contributed by atoms with Gasteiger partial charge >= 0.3 is 0 Å². The van der Waals surface area contributed by atoms with Crippen molar-refractivity contribution in [1.29, 1.82) is 0 Å². The Morgan fingerprint density at radius 3 is 2.50 bits per heavy atom. The molecule has 1 amide bonds. The molecule has 0 spiro atoms. The molecule has 210 valence electrons. The molecular weight excluding hydrogens is 488 g/mol. The quantitative estimate of drug-likeness (QED) is 0.214. The van der Waals surface area contributed by atoms with Gasteiger partial charge in [0.25, 0.3) is 0 Å². The minimum absolute atomic E-state index is 0.00985. The maximum atomic E-state index is 14.0. The van der Waals surface area contributed by atoms with Gasteiger partial charge in [0.05, 0.1) is 17.0 Å². The molecule has 3 rings (SSSR count). The van der Waals surface area contributed by atoms with Crippen LogP contribution in [-0.2, 0) is 11.3 Å². The number of halogens is 2. The van der Waals surface area contributed by atoms with Crippen LogP contribution in [0.4, 0.5) is 8.78 Å². The maximum Gasteiger partial charge on any atom is 0.248 e. The zero-order valence-corrected chi connectivity index (χ0v) is 23.5. The molecule has 0 radical (unpaired) electrons. The molecule has 2 aliphatic rings. The standard InChI is InChI=1S/C29H43F2N5O2/c1-6-24(26(32-7-2)17-21(3)18-27(38)35-15-13-34(5)14-16-35)28-25(20-37)22(4)33-36(28)19-23-9-8-11-29(30,31)12-10-23/h6,17-18,20,23,32H,7-16,19H2,1-5H3/b21-18+,24-6+,26-17+. The molecule has 1 aromatic rings. The summed E-state index contributed by atoms with van der Waals surface area (Å²) in [4.78, 5) is 29.1. The molecule has 0 aromatic carbocycles. The van der Waals surface area contributed by atoms with Crippen LogP contribution in [0, 0.1) is 12.8 Å². The fourth-order valence-electron chi connectivity index (χ4n) is 5.33. The molecule has 38 heavy (non-hydrogen) atoms. The van der Waals surface area contributed by atoms with Crippen molar-refractivity contribution < 1.29 is 18.4 Å². The number of likely N-dealkylation sites (N-methyl/N-ethyl adjacent to an activating group) is 2. The second-order valence-electron chi connectivity index (χ2n) is 10.6. The third-order valence-electron chi connectivity index (χ3n) is 7.54. The van der Waals surface area contributed by atoms with Crippen LogP contribution in [0.5, 0.6) is 0 Å². The molecule has 7 nitrogen and oxygen atoms in total. The van der Waals surface area contributed by atoms with Gasteiger partial charge in [0.15, 0.2) is 6.29 Å². The Labute approximate surface area is 225 Å². The number of nitrogens with one attached hydrogen (secondary N) is 1. The average Bonchev–Trinajstić information content (AvgIpc) is 3.06. The molecule has 1 aromatic heterocycles. The van der Waals surface area contributed by atoms with Gasteiger partial charge in [-0.3, -0.25) is 14.3 Å². The lowest BCUT2D eigenvalue weighted by Gasteiger charge is -2.31. The van der Waals surface area contributed by atoms with Crippen LogP contribution < -0.4 is 5.32 Å². The fraction of sp³-hybridized carbons (Fsp3) is 0.621. The summed E-state index contributed by atoms with van der Waals surface area (Å²) in [5.74, 6) is -2.55. The predicted molar refractivity (Wildman–Crippen MR) is 147 cm³/mol. The van der Waals surface area contributed by atoms with Crippen LogP contribution in [0.25, 0.3) is 5.57 Å². The summed E-state index contributed by atoms with van der Waals surface area (Å²) in [6.45, 7) is 11.8. The number of hydrogen-bond donors (Lipinski definition) is 1. The molecule has 1 N–H and O–H groups in total. The highest BCUT2D eigenvalue weighted by Crippen LogP contribution is 2.36. The number of hydrogen-bond acceptors (Lipinski definition) is 5. The van der Waals surface area contributed by atoms with E-state index in [1.54, 1.807) is 13.0 Å². The summed E-state index contributed by atoms with van der Waals surface area (Å²) in [6.07, 6.45) is 7.79. The Kier molecular flexibility index (Phi) is 10.4. The third kappa shape index (κ3) is 7.62. The highest BCUT2D eigenvalue weighted by atomic mass is 19.3. The van der Waals surface area contributed by atoms with Gasteiger partial charge in [0.1, 0.15) is 0 Å². The number of amides is 1. The summed E-state index contributed by atoms with van der Waals surface area (Å²) in [6, 6.07) is 0. The van der Waals surface area contributed by atoms with Gasteiger partial charge < -0.3 is 15.1 Å². The van der Waals surface area contributed by atoms with Crippen LogP contribution in [0.2, 0.25) is 0 Å². The maximum absolute atomic E-state index is 14.0. The van der Waals surface area contributed by atoms with Gasteiger partial charge in [0, 0.05) is 69.5 Å². The third-order valence-corrected chi connectivity index (χ3v) is 7.54. The van der Waals surface area contributed by atoms with E-state index in [9.17, 15) is 18.4 Å². The molecule has 0 bridgehead atoms. The number of nitrogens with zero attached hydrogens (tertiary/aromatic N) is 4. The summed E-state index contributed by atoms with van der Waals surface area (Å²) >= 11 is 0. The predicted octanol–water partition coefficient (Wildman–Crippen LogP) is 4.84. The smallest absolute Gasteiger partial charge is 0.248 e. The highest BCUT2D eigenvalue weighted by Gasteiger charge is 2.33. The number of alkyl halides is 2. The number of piperazine rings is 1. The van der Waals surface area contributed by atoms with E-state index in [1.807, 2.05) is 42.5 Å². The van der Waals surface area contributed by atoms with E-state index in [2.05, 4.69) is 22.4 Å². The first-order chi connectivity index (χ1) is 18.1. The lowest BCUT2D eigenvalue weighted by Crippen LogP contribution is -2.46. The van der Waals surface area contributed by atoms with E-state index < -0.39 is 5.92 Å². The number of allylic oxidation sites excluding steroid dienone is 4. The van der Waals surface area contributed by atoms with Crippen LogP contribution in [0.15, 0.2) is 29.5 Å². The molecule has 1 aliphatic heterocycles. The number of carbonyl (C=O) groups excluding carboxylic acids is 2.